The monoisotopic (exact) mass is 352 g/mol. The van der Waals surface area contributed by atoms with Crippen molar-refractivity contribution in [1.29, 1.82) is 0 Å². The molecule has 4 rings (SSSR count). The molecule has 0 spiro atoms. The normalized spacial score (nSPS) is 12.8. The molecule has 0 radical (unpaired) electrons. The first-order chi connectivity index (χ1) is 12.5. The Bertz CT molecular complexity index is 1120. The zero-order chi connectivity index (χ0) is 18.4. The number of amides is 2. The van der Waals surface area contributed by atoms with Gasteiger partial charge in [-0.1, -0.05) is 0 Å². The van der Waals surface area contributed by atoms with E-state index in [4.69, 9.17) is 10.5 Å². The summed E-state index contributed by atoms with van der Waals surface area (Å²) < 4.78 is 7.90. The van der Waals surface area contributed by atoms with Crippen LogP contribution in [0.3, 0.4) is 0 Å². The second kappa shape index (κ2) is 5.55. The van der Waals surface area contributed by atoms with Crippen LogP contribution in [0.4, 0.5) is 5.82 Å². The minimum atomic E-state index is -0.644. The van der Waals surface area contributed by atoms with E-state index in [1.807, 2.05) is 0 Å². The van der Waals surface area contributed by atoms with Crippen LogP contribution >= 0.6 is 0 Å². The number of anilines is 1. The number of fused-ring (bicyclic) bond motifs is 1. The Labute approximate surface area is 145 Å². The second-order valence-corrected chi connectivity index (χ2v) is 5.50. The standard InChI is InChI=1S/C16H12N6O4/c1-26-10-3-8(21-7-18-6-19-21)2-9(4-10)22-12(23)5-11-13(14(22)17)16(25)20-15(11)24/h2-7H,17H2,1H3,(H,20,24,25). The minimum Gasteiger partial charge on any atom is -0.497 e. The first kappa shape index (κ1) is 15.6. The number of ether oxygens (including phenoxy) is 1. The molecule has 3 N–H and O–H groups in total. The van der Waals surface area contributed by atoms with Crippen molar-refractivity contribution in [2.45, 2.75) is 0 Å². The Morgan fingerprint density at radius 2 is 1.85 bits per heavy atom. The van der Waals surface area contributed by atoms with Crippen molar-refractivity contribution in [1.82, 2.24) is 24.6 Å². The van der Waals surface area contributed by atoms with Crippen LogP contribution in [0.1, 0.15) is 20.7 Å². The third kappa shape index (κ3) is 2.24. The van der Waals surface area contributed by atoms with Crippen molar-refractivity contribution >= 4 is 17.6 Å². The smallest absolute Gasteiger partial charge is 0.262 e. The van der Waals surface area contributed by atoms with Gasteiger partial charge in [-0.25, -0.2) is 9.67 Å². The third-order valence-corrected chi connectivity index (χ3v) is 4.01. The molecule has 1 aliphatic rings. The molecular formula is C16H12N6O4. The highest BCUT2D eigenvalue weighted by atomic mass is 16.5. The fraction of sp³-hybridized carbons (Fsp3) is 0.0625. The molecule has 0 saturated carbocycles. The lowest BCUT2D eigenvalue weighted by Crippen LogP contribution is -2.24. The fourth-order valence-corrected chi connectivity index (χ4v) is 2.83. The first-order valence-corrected chi connectivity index (χ1v) is 7.45. The van der Waals surface area contributed by atoms with Gasteiger partial charge in [0.2, 0.25) is 0 Å². The highest BCUT2D eigenvalue weighted by Crippen LogP contribution is 2.26. The molecule has 0 saturated heterocycles. The van der Waals surface area contributed by atoms with Gasteiger partial charge in [0.15, 0.2) is 0 Å². The van der Waals surface area contributed by atoms with E-state index in [9.17, 15) is 14.4 Å². The second-order valence-electron chi connectivity index (χ2n) is 5.50. The van der Waals surface area contributed by atoms with Gasteiger partial charge in [0, 0.05) is 18.2 Å². The molecule has 0 atom stereocenters. The van der Waals surface area contributed by atoms with Crippen molar-refractivity contribution in [3.63, 3.8) is 0 Å². The number of carbonyl (C=O) groups excluding carboxylic acids is 2. The summed E-state index contributed by atoms with van der Waals surface area (Å²) in [6.45, 7) is 0. The summed E-state index contributed by atoms with van der Waals surface area (Å²) in [6, 6.07) is 6.00. The van der Waals surface area contributed by atoms with Crippen molar-refractivity contribution in [3.8, 4) is 17.1 Å². The van der Waals surface area contributed by atoms with E-state index in [0.29, 0.717) is 17.1 Å². The zero-order valence-electron chi connectivity index (χ0n) is 13.5. The number of carbonyl (C=O) groups is 2. The molecular weight excluding hydrogens is 340 g/mol. The maximum Gasteiger partial charge on any atom is 0.262 e. The van der Waals surface area contributed by atoms with Gasteiger partial charge in [-0.15, -0.1) is 0 Å². The molecule has 0 bridgehead atoms. The van der Waals surface area contributed by atoms with Gasteiger partial charge in [-0.05, 0) is 6.07 Å². The van der Waals surface area contributed by atoms with E-state index in [2.05, 4.69) is 15.4 Å². The summed E-state index contributed by atoms with van der Waals surface area (Å²) >= 11 is 0. The largest absolute Gasteiger partial charge is 0.497 e. The van der Waals surface area contributed by atoms with Gasteiger partial charge in [0.1, 0.15) is 24.2 Å². The number of hydrogen-bond acceptors (Lipinski definition) is 7. The van der Waals surface area contributed by atoms with E-state index in [-0.39, 0.29) is 16.9 Å². The number of benzene rings is 1. The Balaban J connectivity index is 1.98. The summed E-state index contributed by atoms with van der Waals surface area (Å²) in [5.74, 6) is -0.973. The molecule has 0 aliphatic carbocycles. The van der Waals surface area contributed by atoms with Gasteiger partial charge in [0.25, 0.3) is 17.4 Å². The summed E-state index contributed by atoms with van der Waals surface area (Å²) in [5.41, 5.74) is 6.37. The van der Waals surface area contributed by atoms with Crippen LogP contribution in [0.15, 0.2) is 41.7 Å². The van der Waals surface area contributed by atoms with Crippen LogP contribution in [-0.4, -0.2) is 38.3 Å². The topological polar surface area (TPSA) is 134 Å². The molecule has 10 nitrogen and oxygen atoms in total. The van der Waals surface area contributed by atoms with E-state index >= 15 is 0 Å². The van der Waals surface area contributed by atoms with Crippen LogP contribution in [0.5, 0.6) is 5.75 Å². The highest BCUT2D eigenvalue weighted by Gasteiger charge is 2.32. The summed E-state index contributed by atoms with van der Waals surface area (Å²) in [6.07, 6.45) is 2.85. The highest BCUT2D eigenvalue weighted by molar-refractivity contribution is 6.23. The molecule has 2 amide bonds. The van der Waals surface area contributed by atoms with E-state index < -0.39 is 17.4 Å². The van der Waals surface area contributed by atoms with Gasteiger partial charge in [0.05, 0.1) is 29.6 Å². The van der Waals surface area contributed by atoms with Gasteiger partial charge in [-0.3, -0.25) is 24.3 Å². The molecule has 3 heterocycles. The number of nitrogens with one attached hydrogen (secondary N) is 1. The molecule has 0 fully saturated rings. The van der Waals surface area contributed by atoms with Gasteiger partial charge in [-0.2, -0.15) is 5.10 Å². The Hall–Kier alpha value is -3.95. The Morgan fingerprint density at radius 1 is 1.08 bits per heavy atom. The summed E-state index contributed by atoms with van der Waals surface area (Å²) in [7, 11) is 1.48. The van der Waals surface area contributed by atoms with Crippen LogP contribution in [0.2, 0.25) is 0 Å². The van der Waals surface area contributed by atoms with Crippen LogP contribution in [-0.2, 0) is 0 Å². The maximum atomic E-state index is 12.6. The average Bonchev–Trinajstić information content (AvgIpc) is 3.23. The Morgan fingerprint density at radius 3 is 2.54 bits per heavy atom. The fourth-order valence-electron chi connectivity index (χ4n) is 2.83. The zero-order valence-corrected chi connectivity index (χ0v) is 13.5. The van der Waals surface area contributed by atoms with Crippen molar-refractivity contribution in [2.24, 2.45) is 0 Å². The molecule has 3 aromatic rings. The van der Waals surface area contributed by atoms with E-state index in [0.717, 1.165) is 10.6 Å². The van der Waals surface area contributed by atoms with Crippen molar-refractivity contribution in [3.05, 3.63) is 58.4 Å². The number of nitrogens with zero attached hydrogens (tertiary/aromatic N) is 4. The number of imide groups is 1. The van der Waals surface area contributed by atoms with Crippen molar-refractivity contribution in [2.75, 3.05) is 12.8 Å². The molecule has 2 aromatic heterocycles. The lowest BCUT2D eigenvalue weighted by Gasteiger charge is -2.14. The molecule has 0 unspecified atom stereocenters. The lowest BCUT2D eigenvalue weighted by atomic mass is 10.1. The summed E-state index contributed by atoms with van der Waals surface area (Å²) in [4.78, 5) is 40.2. The molecule has 26 heavy (non-hydrogen) atoms. The van der Waals surface area contributed by atoms with Crippen molar-refractivity contribution < 1.29 is 14.3 Å². The van der Waals surface area contributed by atoms with Crippen LogP contribution < -0.4 is 21.3 Å². The predicted octanol–water partition coefficient (Wildman–Crippen LogP) is -0.107. The maximum absolute atomic E-state index is 12.6. The Kier molecular flexibility index (Phi) is 3.32. The van der Waals surface area contributed by atoms with Crippen LogP contribution in [0.25, 0.3) is 11.4 Å². The SMILES string of the molecule is COc1cc(-n2cncn2)cc(-n2c(N)c3c(cc2=O)C(=O)NC3=O)c1. The molecule has 1 aliphatic heterocycles. The number of rotatable bonds is 3. The van der Waals surface area contributed by atoms with Gasteiger partial charge >= 0.3 is 0 Å². The molecule has 1 aromatic carbocycles. The lowest BCUT2D eigenvalue weighted by molar-refractivity contribution is 0.0880. The first-order valence-electron chi connectivity index (χ1n) is 7.45. The number of aromatic nitrogens is 4. The molecule has 10 heteroatoms. The number of hydrogen-bond donors (Lipinski definition) is 2. The number of pyridine rings is 1. The molecule has 130 valence electrons. The summed E-state index contributed by atoms with van der Waals surface area (Å²) in [5, 5.41) is 6.17. The minimum absolute atomic E-state index is 0.0280. The quantitative estimate of drug-likeness (QED) is 0.628. The van der Waals surface area contributed by atoms with Crippen LogP contribution in [0, 0.1) is 0 Å². The van der Waals surface area contributed by atoms with Gasteiger partial charge < -0.3 is 10.5 Å². The number of methoxy groups -OCH3 is 1. The van der Waals surface area contributed by atoms with E-state index in [1.54, 1.807) is 18.2 Å². The number of nitrogens with two attached hydrogens (primary N) is 1. The average molecular weight is 352 g/mol. The predicted molar refractivity (Wildman–Crippen MR) is 89.7 cm³/mol. The third-order valence-electron chi connectivity index (χ3n) is 4.01. The van der Waals surface area contributed by atoms with E-state index in [1.165, 1.54) is 24.4 Å². The number of nitrogen functional groups attached to an aromatic ring is 1.